The Hall–Kier alpha value is -4.38. The van der Waals surface area contributed by atoms with Gasteiger partial charge in [-0.3, -0.25) is 19.3 Å². The van der Waals surface area contributed by atoms with Crippen molar-refractivity contribution in [3.63, 3.8) is 0 Å². The van der Waals surface area contributed by atoms with Crippen molar-refractivity contribution in [3.8, 4) is 5.75 Å². The second-order valence-corrected chi connectivity index (χ2v) is 10.0. The highest BCUT2D eigenvalue weighted by molar-refractivity contribution is 5.97. The number of para-hydroxylation sites is 1. The summed E-state index contributed by atoms with van der Waals surface area (Å²) in [5.74, 6) is -5.81. The zero-order valence-electron chi connectivity index (χ0n) is 21.5. The van der Waals surface area contributed by atoms with Crippen molar-refractivity contribution in [2.75, 3.05) is 25.5 Å². The number of rotatable bonds is 5. The molecule has 0 aliphatic carbocycles. The summed E-state index contributed by atoms with van der Waals surface area (Å²) in [6.45, 7) is -0.0183. The number of anilines is 1. The number of fused-ring (bicyclic) bond motifs is 2. The van der Waals surface area contributed by atoms with Gasteiger partial charge in [0.05, 0.1) is 18.5 Å². The highest BCUT2D eigenvalue weighted by Gasteiger charge is 2.66. The van der Waals surface area contributed by atoms with E-state index in [0.717, 1.165) is 21.7 Å². The Bertz CT molecular complexity index is 1370. The minimum Gasteiger partial charge on any atom is -0.506 e. The predicted octanol–water partition coefficient (Wildman–Crippen LogP) is 1.75. The van der Waals surface area contributed by atoms with E-state index < -0.39 is 54.3 Å². The van der Waals surface area contributed by atoms with Crippen LogP contribution in [-0.2, 0) is 35.0 Å². The van der Waals surface area contributed by atoms with Crippen LogP contribution in [0, 0.1) is 0 Å². The molecule has 2 aromatic carbocycles. The van der Waals surface area contributed by atoms with Crippen molar-refractivity contribution in [2.45, 2.75) is 43.3 Å². The van der Waals surface area contributed by atoms with Crippen LogP contribution in [-0.4, -0.2) is 77.2 Å². The van der Waals surface area contributed by atoms with Gasteiger partial charge >= 0.3 is 23.8 Å². The number of phenols is 1. The van der Waals surface area contributed by atoms with Crippen LogP contribution in [0.5, 0.6) is 5.75 Å². The van der Waals surface area contributed by atoms with E-state index in [2.05, 4.69) is 0 Å². The van der Waals surface area contributed by atoms with Crippen molar-refractivity contribution < 1.29 is 43.6 Å². The van der Waals surface area contributed by atoms with Gasteiger partial charge in [-0.2, -0.15) is 0 Å². The molecule has 2 aromatic rings. The van der Waals surface area contributed by atoms with E-state index in [0.29, 0.717) is 6.42 Å². The lowest BCUT2D eigenvalue weighted by molar-refractivity contribution is -0.296. The number of carbonyl (C=O) groups is 4. The van der Waals surface area contributed by atoms with Crippen LogP contribution >= 0.6 is 0 Å². The summed E-state index contributed by atoms with van der Waals surface area (Å²) < 4.78 is 16.2. The lowest BCUT2D eigenvalue weighted by Crippen LogP contribution is -2.60. The summed E-state index contributed by atoms with van der Waals surface area (Å²) in [5, 5.41) is 20.8. The van der Waals surface area contributed by atoms with E-state index in [1.54, 1.807) is 36.4 Å². The zero-order chi connectivity index (χ0) is 27.9. The van der Waals surface area contributed by atoms with Crippen molar-refractivity contribution >= 4 is 35.6 Å². The number of ether oxygens (including phenoxy) is 3. The minimum absolute atomic E-state index is 0.0183. The maximum atomic E-state index is 13.5. The first-order valence-corrected chi connectivity index (χ1v) is 12.5. The van der Waals surface area contributed by atoms with E-state index in [-0.39, 0.29) is 24.3 Å². The van der Waals surface area contributed by atoms with Crippen molar-refractivity contribution in [1.29, 1.82) is 0 Å². The van der Waals surface area contributed by atoms with Gasteiger partial charge in [-0.1, -0.05) is 36.4 Å². The molecule has 1 spiro atoms. The van der Waals surface area contributed by atoms with Gasteiger partial charge in [-0.05, 0) is 35.7 Å². The smallest absolute Gasteiger partial charge is 0.384 e. The van der Waals surface area contributed by atoms with Crippen molar-refractivity contribution in [3.05, 3.63) is 65.2 Å². The molecule has 11 heteroatoms. The molecule has 0 radical (unpaired) electrons. The number of likely N-dealkylation sites (tertiary alicyclic amines) is 1. The monoisotopic (exact) mass is 536 g/mol. The number of nitrogens with zero attached hydrogens (tertiary/aromatic N) is 2. The number of hydrogen-bond acceptors (Lipinski definition) is 10. The van der Waals surface area contributed by atoms with E-state index in [1.165, 1.54) is 0 Å². The Morgan fingerprint density at radius 2 is 1.79 bits per heavy atom. The molecule has 3 aliphatic heterocycles. The molecule has 11 nitrogen and oxygen atoms in total. The molecular formula is C28H28N2O9. The zero-order valence-corrected chi connectivity index (χ0v) is 21.5. The first kappa shape index (κ1) is 26.2. The molecule has 5 rings (SSSR count). The molecule has 204 valence electrons. The largest absolute Gasteiger partial charge is 0.506 e. The highest BCUT2D eigenvalue weighted by atomic mass is 16.8. The lowest BCUT2D eigenvalue weighted by atomic mass is 9.95. The van der Waals surface area contributed by atoms with E-state index in [1.807, 2.05) is 37.2 Å². The van der Waals surface area contributed by atoms with Crippen LogP contribution in [0.2, 0.25) is 0 Å². The summed E-state index contributed by atoms with van der Waals surface area (Å²) >= 11 is 0. The average molecular weight is 537 g/mol. The molecule has 2 bridgehead atoms. The molecule has 3 aliphatic rings. The first-order valence-electron chi connectivity index (χ1n) is 12.5. The standard InChI is InChI=1S/C28H28N2O9/c1-29(2)24-18(7-4-8-20(24)31)6-3-5-17-9-11-19(12-10-17)25(34)30-14-13-21-28(30)38-23(33)16-27(36,26(35)39-28)15-22(32)37-21/h3-5,7-12,21,31,36H,6,13-16H2,1-2H3/b5-3+. The molecule has 0 saturated carbocycles. The molecule has 39 heavy (non-hydrogen) atoms. The first-order chi connectivity index (χ1) is 18.5. The fourth-order valence-corrected chi connectivity index (χ4v) is 5.18. The summed E-state index contributed by atoms with van der Waals surface area (Å²) in [5.41, 5.74) is 0.299. The quantitative estimate of drug-likeness (QED) is 0.543. The fourth-order valence-electron chi connectivity index (χ4n) is 5.18. The lowest BCUT2D eigenvalue weighted by Gasteiger charge is -2.39. The maximum absolute atomic E-state index is 13.5. The van der Waals surface area contributed by atoms with Crippen LogP contribution in [0.15, 0.2) is 48.5 Å². The fraction of sp³-hybridized carbons (Fsp3) is 0.357. The molecule has 1 amide bonds. The summed E-state index contributed by atoms with van der Waals surface area (Å²) in [4.78, 5) is 54.0. The number of aromatic hydroxyl groups is 1. The number of carbonyl (C=O) groups excluding carboxylic acids is 4. The Labute approximate surface area is 224 Å². The number of hydrogen-bond donors (Lipinski definition) is 2. The number of aliphatic hydroxyl groups is 1. The van der Waals surface area contributed by atoms with Crippen LogP contribution in [0.25, 0.3) is 6.08 Å². The number of phenolic OH excluding ortho intramolecular Hbond substituents is 1. The topological polar surface area (TPSA) is 143 Å². The molecule has 3 saturated heterocycles. The minimum atomic E-state index is -2.43. The average Bonchev–Trinajstić information content (AvgIpc) is 3.15. The van der Waals surface area contributed by atoms with Crippen LogP contribution < -0.4 is 4.90 Å². The molecule has 0 aromatic heterocycles. The molecule has 3 unspecified atom stereocenters. The molecule has 3 atom stereocenters. The third-order valence-corrected chi connectivity index (χ3v) is 7.02. The Morgan fingerprint density at radius 1 is 1.08 bits per heavy atom. The third kappa shape index (κ3) is 4.69. The third-order valence-electron chi connectivity index (χ3n) is 7.02. The van der Waals surface area contributed by atoms with Gasteiger partial charge in [0.25, 0.3) is 5.91 Å². The maximum Gasteiger partial charge on any atom is 0.384 e. The van der Waals surface area contributed by atoms with Gasteiger partial charge in [0.15, 0.2) is 5.60 Å². The van der Waals surface area contributed by atoms with Gasteiger partial charge < -0.3 is 29.3 Å². The Morgan fingerprint density at radius 3 is 2.51 bits per heavy atom. The number of esters is 3. The predicted molar refractivity (Wildman–Crippen MR) is 136 cm³/mol. The highest BCUT2D eigenvalue weighted by Crippen LogP contribution is 2.42. The van der Waals surface area contributed by atoms with Gasteiger partial charge in [-0.25, -0.2) is 4.79 Å². The van der Waals surface area contributed by atoms with Crippen LogP contribution in [0.1, 0.15) is 40.7 Å². The van der Waals surface area contributed by atoms with Gasteiger partial charge in [0.2, 0.25) is 6.10 Å². The van der Waals surface area contributed by atoms with Crippen molar-refractivity contribution in [2.24, 2.45) is 0 Å². The van der Waals surface area contributed by atoms with E-state index in [9.17, 15) is 29.4 Å². The normalized spacial score (nSPS) is 26.3. The Balaban J connectivity index is 1.35. The molecule has 3 heterocycles. The van der Waals surface area contributed by atoms with Gasteiger partial charge in [-0.15, -0.1) is 0 Å². The van der Waals surface area contributed by atoms with E-state index >= 15 is 0 Å². The number of benzene rings is 2. The van der Waals surface area contributed by atoms with Gasteiger partial charge in [0, 0.05) is 32.6 Å². The second kappa shape index (κ2) is 9.73. The van der Waals surface area contributed by atoms with Crippen molar-refractivity contribution in [1.82, 2.24) is 4.90 Å². The summed E-state index contributed by atoms with van der Waals surface area (Å²) in [7, 11) is 3.72. The van der Waals surface area contributed by atoms with Gasteiger partial charge in [0.1, 0.15) is 5.75 Å². The summed E-state index contributed by atoms with van der Waals surface area (Å²) in [6, 6.07) is 12.0. The number of allylic oxidation sites excluding steroid dienone is 1. The van der Waals surface area contributed by atoms with Crippen LogP contribution in [0.3, 0.4) is 0 Å². The molecule has 3 fully saturated rings. The molecular weight excluding hydrogens is 508 g/mol. The second-order valence-electron chi connectivity index (χ2n) is 10.0. The summed E-state index contributed by atoms with van der Waals surface area (Å²) in [6.07, 6.45) is 1.69. The van der Waals surface area contributed by atoms with Crippen LogP contribution in [0.4, 0.5) is 5.69 Å². The van der Waals surface area contributed by atoms with E-state index in [4.69, 9.17) is 14.2 Å². The SMILES string of the molecule is CN(C)c1c(O)cccc1C/C=C/c1ccc(C(=O)N2CCC3OC(=O)CC4(O)CC(=O)OC32OC4=O)cc1. The Kier molecular flexibility index (Phi) is 6.55. The number of amides is 1. The molecule has 2 N–H and O–H groups in total.